The molecule has 0 radical (unpaired) electrons. The zero-order valence-corrected chi connectivity index (χ0v) is 17.7. The Bertz CT molecular complexity index is 1040. The Morgan fingerprint density at radius 3 is 2.24 bits per heavy atom. The number of amides is 1. The van der Waals surface area contributed by atoms with Crippen molar-refractivity contribution in [1.29, 1.82) is 0 Å². The quantitative estimate of drug-likeness (QED) is 0.474. The molecule has 2 heterocycles. The number of nitrogens with zero attached hydrogens (tertiary/aromatic N) is 4. The van der Waals surface area contributed by atoms with Crippen LogP contribution in [0.1, 0.15) is 36.1 Å². The van der Waals surface area contributed by atoms with Crippen molar-refractivity contribution in [3.63, 3.8) is 0 Å². The van der Waals surface area contributed by atoms with Gasteiger partial charge in [0.15, 0.2) is 17.5 Å². The van der Waals surface area contributed by atoms with E-state index in [2.05, 4.69) is 10.2 Å². The van der Waals surface area contributed by atoms with Gasteiger partial charge in [0.2, 0.25) is 11.7 Å². The van der Waals surface area contributed by atoms with E-state index in [0.717, 1.165) is 0 Å². The van der Waals surface area contributed by atoms with E-state index in [1.807, 2.05) is 0 Å². The van der Waals surface area contributed by atoms with Gasteiger partial charge in [0.25, 0.3) is 0 Å². The third kappa shape index (κ3) is 6.11. The Balaban J connectivity index is 0.00000408. The van der Waals surface area contributed by atoms with Crippen molar-refractivity contribution in [2.75, 3.05) is 6.54 Å². The molecule has 1 aliphatic rings. The Labute approximate surface area is 192 Å². The average Bonchev–Trinajstić information content (AvgIpc) is 3.10. The van der Waals surface area contributed by atoms with Gasteiger partial charge >= 0.3 is 12.4 Å². The van der Waals surface area contributed by atoms with Gasteiger partial charge in [0.1, 0.15) is 11.9 Å². The number of halogens is 10. The minimum atomic E-state index is -4.96. The minimum Gasteiger partial charge on any atom is -0.330 e. The molecule has 0 saturated heterocycles. The van der Waals surface area contributed by atoms with Gasteiger partial charge in [-0.3, -0.25) is 4.79 Å². The van der Waals surface area contributed by atoms with Gasteiger partial charge in [0, 0.05) is 31.6 Å². The zero-order valence-electron chi connectivity index (χ0n) is 16.9. The van der Waals surface area contributed by atoms with Crippen LogP contribution in [-0.4, -0.2) is 44.3 Å². The molecule has 2 N–H and O–H groups in total. The number of hydrogen-bond acceptors (Lipinski definition) is 4. The van der Waals surface area contributed by atoms with Crippen LogP contribution in [0.2, 0.25) is 0 Å². The van der Waals surface area contributed by atoms with Gasteiger partial charge in [-0.15, -0.1) is 22.6 Å². The van der Waals surface area contributed by atoms with Crippen LogP contribution in [0.25, 0.3) is 0 Å². The molecule has 1 aromatic heterocycles. The molecule has 1 aliphatic heterocycles. The van der Waals surface area contributed by atoms with E-state index in [-0.39, 0.29) is 24.0 Å². The number of aromatic nitrogens is 3. The number of benzene rings is 1. The molecule has 0 spiro atoms. The highest BCUT2D eigenvalue weighted by Gasteiger charge is 2.46. The molecule has 0 aliphatic carbocycles. The summed E-state index contributed by atoms with van der Waals surface area (Å²) in [6.07, 6.45) is -12.6. The lowest BCUT2D eigenvalue weighted by atomic mass is 10.0. The second-order valence-electron chi connectivity index (χ2n) is 7.48. The Morgan fingerprint density at radius 2 is 1.65 bits per heavy atom. The fourth-order valence-corrected chi connectivity index (χ4v) is 3.63. The topological polar surface area (TPSA) is 77.0 Å². The lowest BCUT2D eigenvalue weighted by Gasteiger charge is -2.36. The van der Waals surface area contributed by atoms with Crippen molar-refractivity contribution < 1.29 is 44.3 Å². The SMILES string of the molecule is Cl.N[C@@H](CC(=O)N1CCn2c(nnc2C(F)(F)F)[C@@H]1CC(F)(F)F)Cc1cc(F)c(F)cc1F. The largest absolute Gasteiger partial charge is 0.451 e. The van der Waals surface area contributed by atoms with Crippen LogP contribution < -0.4 is 5.73 Å². The summed E-state index contributed by atoms with van der Waals surface area (Å²) in [5.41, 5.74) is 5.41. The number of rotatable bonds is 5. The van der Waals surface area contributed by atoms with Gasteiger partial charge in [-0.1, -0.05) is 0 Å². The van der Waals surface area contributed by atoms with Crippen LogP contribution in [0.3, 0.4) is 0 Å². The first kappa shape index (κ1) is 27.7. The van der Waals surface area contributed by atoms with E-state index in [4.69, 9.17) is 5.73 Å². The molecule has 1 amide bonds. The number of nitrogens with two attached hydrogens (primary N) is 1. The first-order chi connectivity index (χ1) is 15.2. The maximum Gasteiger partial charge on any atom is 0.451 e. The molecule has 2 atom stereocenters. The van der Waals surface area contributed by atoms with E-state index >= 15 is 0 Å². The van der Waals surface area contributed by atoms with Crippen LogP contribution in [-0.2, 0) is 23.9 Å². The number of carbonyl (C=O) groups is 1. The number of fused-ring (bicyclic) bond motifs is 1. The highest BCUT2D eigenvalue weighted by Crippen LogP contribution is 2.38. The molecule has 0 unspecified atom stereocenters. The summed E-state index contributed by atoms with van der Waals surface area (Å²) in [6.45, 7) is -1.02. The van der Waals surface area contributed by atoms with Crippen molar-refractivity contribution in [2.45, 2.75) is 50.2 Å². The summed E-state index contributed by atoms with van der Waals surface area (Å²) < 4.78 is 119. The lowest BCUT2D eigenvalue weighted by molar-refractivity contribution is -0.159. The van der Waals surface area contributed by atoms with Crippen LogP contribution in [0.5, 0.6) is 0 Å². The fourth-order valence-electron chi connectivity index (χ4n) is 3.63. The summed E-state index contributed by atoms with van der Waals surface area (Å²) in [4.78, 5) is 13.4. The average molecular weight is 526 g/mol. The molecule has 34 heavy (non-hydrogen) atoms. The molecule has 190 valence electrons. The molecule has 0 saturated carbocycles. The number of hydrogen-bond donors (Lipinski definition) is 1. The summed E-state index contributed by atoms with van der Waals surface area (Å²) in [7, 11) is 0. The van der Waals surface area contributed by atoms with E-state index < -0.39 is 91.8 Å². The molecular weight excluding hydrogens is 509 g/mol. The molecule has 16 heteroatoms. The monoisotopic (exact) mass is 525 g/mol. The Morgan fingerprint density at radius 1 is 1.03 bits per heavy atom. The predicted molar refractivity (Wildman–Crippen MR) is 100 cm³/mol. The maximum absolute atomic E-state index is 13.8. The van der Waals surface area contributed by atoms with E-state index in [9.17, 15) is 44.3 Å². The molecule has 6 nitrogen and oxygen atoms in total. The highest BCUT2D eigenvalue weighted by atomic mass is 35.5. The van der Waals surface area contributed by atoms with Crippen molar-refractivity contribution in [1.82, 2.24) is 19.7 Å². The smallest absolute Gasteiger partial charge is 0.330 e. The zero-order chi connectivity index (χ0) is 24.7. The van der Waals surface area contributed by atoms with E-state index in [1.165, 1.54) is 0 Å². The Kier molecular flexibility index (Phi) is 8.13. The minimum absolute atomic E-state index is 0. The van der Waals surface area contributed by atoms with Gasteiger partial charge in [-0.2, -0.15) is 26.3 Å². The second kappa shape index (κ2) is 9.98. The molecular formula is C18H17ClF9N5O. The third-order valence-electron chi connectivity index (χ3n) is 5.03. The first-order valence-electron chi connectivity index (χ1n) is 9.43. The summed E-state index contributed by atoms with van der Waals surface area (Å²) in [5.74, 6) is -7.04. The Hall–Kier alpha value is -2.55. The number of alkyl halides is 6. The van der Waals surface area contributed by atoms with Crippen molar-refractivity contribution in [3.05, 3.63) is 46.8 Å². The van der Waals surface area contributed by atoms with Crippen LogP contribution >= 0.6 is 12.4 Å². The van der Waals surface area contributed by atoms with Crippen LogP contribution in [0.15, 0.2) is 12.1 Å². The normalized spacial score (nSPS) is 17.2. The van der Waals surface area contributed by atoms with E-state index in [0.29, 0.717) is 15.5 Å². The molecule has 3 rings (SSSR count). The third-order valence-corrected chi connectivity index (χ3v) is 5.03. The van der Waals surface area contributed by atoms with Gasteiger partial charge in [-0.25, -0.2) is 13.2 Å². The molecule has 1 aromatic carbocycles. The standard InChI is InChI=1S/C18H16F9N5O.ClH/c19-10-6-12(21)11(20)4-8(10)3-9(28)5-14(33)31-1-2-32-15(13(31)7-17(22,23)24)29-30-16(32)18(25,26)27;/h4,6,9,13H,1-3,5,7,28H2;1H/t9-,13+;/m1./s1. The first-order valence-corrected chi connectivity index (χ1v) is 9.43. The molecule has 0 fully saturated rings. The van der Waals surface area contributed by atoms with Crippen LogP contribution in [0.4, 0.5) is 39.5 Å². The van der Waals surface area contributed by atoms with Crippen LogP contribution in [0, 0.1) is 17.5 Å². The summed E-state index contributed by atoms with van der Waals surface area (Å²) >= 11 is 0. The van der Waals surface area contributed by atoms with Crippen molar-refractivity contribution >= 4 is 18.3 Å². The van der Waals surface area contributed by atoms with Gasteiger partial charge in [0.05, 0.1) is 6.42 Å². The number of carbonyl (C=O) groups excluding carboxylic acids is 1. The van der Waals surface area contributed by atoms with Crippen molar-refractivity contribution in [3.8, 4) is 0 Å². The van der Waals surface area contributed by atoms with Crippen molar-refractivity contribution in [2.24, 2.45) is 5.73 Å². The maximum atomic E-state index is 13.8. The molecule has 0 bridgehead atoms. The predicted octanol–water partition coefficient (Wildman–Crippen LogP) is 3.93. The highest BCUT2D eigenvalue weighted by molar-refractivity contribution is 5.85. The summed E-state index contributed by atoms with van der Waals surface area (Å²) in [6, 6.07) is -2.26. The fraction of sp³-hybridized carbons (Fsp3) is 0.500. The lowest BCUT2D eigenvalue weighted by Crippen LogP contribution is -2.46. The summed E-state index contributed by atoms with van der Waals surface area (Å²) in [5, 5.41) is 6.17. The van der Waals surface area contributed by atoms with Gasteiger partial charge in [-0.05, 0) is 18.1 Å². The van der Waals surface area contributed by atoms with E-state index in [1.54, 1.807) is 0 Å². The molecule has 2 aromatic rings. The van der Waals surface area contributed by atoms with Gasteiger partial charge < -0.3 is 15.2 Å². The second-order valence-corrected chi connectivity index (χ2v) is 7.48.